The third kappa shape index (κ3) is 2.59. The number of hydrogen-bond acceptors (Lipinski definition) is 5. The molecule has 0 atom stereocenters. The summed E-state index contributed by atoms with van der Waals surface area (Å²) in [4.78, 5) is 14.1. The zero-order valence-corrected chi connectivity index (χ0v) is 15.3. The molecule has 0 spiro atoms. The van der Waals surface area contributed by atoms with Crippen LogP contribution in [0, 0.1) is 0 Å². The summed E-state index contributed by atoms with van der Waals surface area (Å²) in [6.45, 7) is 0.386. The summed E-state index contributed by atoms with van der Waals surface area (Å²) >= 11 is 0. The molecule has 1 fully saturated rings. The zero-order chi connectivity index (χ0) is 18.5. The molecule has 26 heavy (non-hydrogen) atoms. The van der Waals surface area contributed by atoms with Gasteiger partial charge in [0.05, 0.1) is 6.42 Å². The zero-order valence-electron chi connectivity index (χ0n) is 14.5. The number of aryl methyl sites for hydroxylation is 2. The van der Waals surface area contributed by atoms with Crippen LogP contribution in [0.5, 0.6) is 0 Å². The van der Waals surface area contributed by atoms with Gasteiger partial charge in [-0.25, -0.2) is 8.42 Å². The first-order chi connectivity index (χ1) is 12.4. The number of fused-ring (bicyclic) bond motifs is 1. The Morgan fingerprint density at radius 2 is 1.92 bits per heavy atom. The number of aromatic nitrogens is 4. The van der Waals surface area contributed by atoms with Crippen molar-refractivity contribution >= 4 is 26.6 Å². The average molecular weight is 373 g/mol. The van der Waals surface area contributed by atoms with Gasteiger partial charge in [0.15, 0.2) is 0 Å². The van der Waals surface area contributed by atoms with Crippen LogP contribution in [0.2, 0.25) is 0 Å². The molecule has 2 aromatic heterocycles. The third-order valence-electron chi connectivity index (χ3n) is 4.89. The van der Waals surface area contributed by atoms with E-state index in [1.807, 2.05) is 42.1 Å². The molecule has 0 aliphatic carbocycles. The number of amides is 1. The molecule has 1 saturated heterocycles. The van der Waals surface area contributed by atoms with Crippen LogP contribution in [-0.2, 0) is 35.1 Å². The van der Waals surface area contributed by atoms with Crippen molar-refractivity contribution < 1.29 is 13.2 Å². The van der Waals surface area contributed by atoms with Gasteiger partial charge in [0.1, 0.15) is 11.6 Å². The Balaban J connectivity index is 1.46. The molecule has 1 aliphatic heterocycles. The van der Waals surface area contributed by atoms with E-state index in [-0.39, 0.29) is 30.6 Å². The SMILES string of the molecule is Cn1cnnc1S(=O)(=O)C1CN(C(=O)Cc2cn(C)c3ccccc23)C1. The molecular formula is C17H19N5O3S. The second-order valence-electron chi connectivity index (χ2n) is 6.65. The lowest BCUT2D eigenvalue weighted by Gasteiger charge is -2.38. The molecule has 0 N–H and O–H groups in total. The maximum absolute atomic E-state index is 12.6. The van der Waals surface area contributed by atoms with Crippen molar-refractivity contribution in [2.45, 2.75) is 16.8 Å². The molecule has 4 rings (SSSR count). The Labute approximate surface area is 151 Å². The highest BCUT2D eigenvalue weighted by atomic mass is 32.2. The van der Waals surface area contributed by atoms with E-state index < -0.39 is 15.1 Å². The van der Waals surface area contributed by atoms with Crippen LogP contribution in [0.3, 0.4) is 0 Å². The van der Waals surface area contributed by atoms with Crippen LogP contribution in [0.1, 0.15) is 5.56 Å². The van der Waals surface area contributed by atoms with Crippen LogP contribution in [0.4, 0.5) is 0 Å². The summed E-state index contributed by atoms with van der Waals surface area (Å²) in [7, 11) is -0.0280. The summed E-state index contributed by atoms with van der Waals surface area (Å²) in [6.07, 6.45) is 3.57. The summed E-state index contributed by atoms with van der Waals surface area (Å²) in [6, 6.07) is 7.92. The standard InChI is InChI=1S/C17H19N5O3S/c1-20-8-12(14-5-3-4-6-15(14)20)7-16(23)22-9-13(10-22)26(24,25)17-19-18-11-21(17)2/h3-6,8,11,13H,7,9-10H2,1-2H3. The molecule has 8 nitrogen and oxygen atoms in total. The number of likely N-dealkylation sites (tertiary alicyclic amines) is 1. The minimum absolute atomic E-state index is 0.0522. The first-order valence-electron chi connectivity index (χ1n) is 8.26. The van der Waals surface area contributed by atoms with Crippen LogP contribution in [0.15, 0.2) is 41.9 Å². The first kappa shape index (κ1) is 16.8. The maximum Gasteiger partial charge on any atom is 0.249 e. The van der Waals surface area contributed by atoms with E-state index in [0.717, 1.165) is 16.5 Å². The predicted molar refractivity (Wildman–Crippen MR) is 95.2 cm³/mol. The Kier molecular flexibility index (Phi) is 3.83. The van der Waals surface area contributed by atoms with E-state index in [1.165, 1.54) is 10.9 Å². The number of nitrogens with zero attached hydrogens (tertiary/aromatic N) is 5. The molecule has 1 aromatic carbocycles. The number of carbonyl (C=O) groups is 1. The van der Waals surface area contributed by atoms with Gasteiger partial charge >= 0.3 is 0 Å². The molecule has 9 heteroatoms. The maximum atomic E-state index is 12.6. The van der Waals surface area contributed by atoms with Gasteiger partial charge in [-0.1, -0.05) is 18.2 Å². The molecular weight excluding hydrogens is 354 g/mol. The molecule has 0 bridgehead atoms. The molecule has 1 aliphatic rings. The minimum Gasteiger partial charge on any atom is -0.350 e. The number of hydrogen-bond donors (Lipinski definition) is 0. The fourth-order valence-corrected chi connectivity index (χ4v) is 5.02. The number of carbonyl (C=O) groups excluding carboxylic acids is 1. The second kappa shape index (κ2) is 5.94. The van der Waals surface area contributed by atoms with E-state index in [2.05, 4.69) is 10.2 Å². The third-order valence-corrected chi connectivity index (χ3v) is 6.94. The Hall–Kier alpha value is -2.68. The van der Waals surface area contributed by atoms with E-state index in [4.69, 9.17) is 0 Å². The largest absolute Gasteiger partial charge is 0.350 e. The van der Waals surface area contributed by atoms with Gasteiger partial charge in [0.2, 0.25) is 20.9 Å². The lowest BCUT2D eigenvalue weighted by molar-refractivity contribution is -0.133. The van der Waals surface area contributed by atoms with Gasteiger partial charge < -0.3 is 14.0 Å². The van der Waals surface area contributed by atoms with Crippen molar-refractivity contribution in [3.8, 4) is 0 Å². The van der Waals surface area contributed by atoms with Crippen LogP contribution >= 0.6 is 0 Å². The summed E-state index contributed by atoms with van der Waals surface area (Å²) in [5, 5.41) is 7.68. The first-order valence-corrected chi connectivity index (χ1v) is 9.81. The van der Waals surface area contributed by atoms with Gasteiger partial charge in [0, 0.05) is 44.3 Å². The van der Waals surface area contributed by atoms with Crippen molar-refractivity contribution in [3.05, 3.63) is 42.4 Å². The molecule has 3 heterocycles. The molecule has 136 valence electrons. The van der Waals surface area contributed by atoms with Crippen LogP contribution in [0.25, 0.3) is 10.9 Å². The summed E-state index contributed by atoms with van der Waals surface area (Å²) in [5.41, 5.74) is 2.02. The van der Waals surface area contributed by atoms with Crippen molar-refractivity contribution in [1.29, 1.82) is 0 Å². The lowest BCUT2D eigenvalue weighted by atomic mass is 10.1. The number of sulfone groups is 1. The van der Waals surface area contributed by atoms with Gasteiger partial charge in [-0.05, 0) is 11.6 Å². The second-order valence-corrected chi connectivity index (χ2v) is 8.77. The Morgan fingerprint density at radius 3 is 2.62 bits per heavy atom. The lowest BCUT2D eigenvalue weighted by Crippen LogP contribution is -2.57. The fraction of sp³-hybridized carbons (Fsp3) is 0.353. The van der Waals surface area contributed by atoms with Crippen molar-refractivity contribution in [2.75, 3.05) is 13.1 Å². The highest BCUT2D eigenvalue weighted by Gasteiger charge is 2.42. The van der Waals surface area contributed by atoms with Gasteiger partial charge in [0.25, 0.3) is 0 Å². The van der Waals surface area contributed by atoms with Crippen LogP contribution in [-0.4, -0.2) is 56.9 Å². The highest BCUT2D eigenvalue weighted by molar-refractivity contribution is 7.92. The Morgan fingerprint density at radius 1 is 1.19 bits per heavy atom. The topological polar surface area (TPSA) is 90.1 Å². The van der Waals surface area contributed by atoms with E-state index >= 15 is 0 Å². The van der Waals surface area contributed by atoms with Crippen molar-refractivity contribution in [1.82, 2.24) is 24.2 Å². The number of rotatable bonds is 4. The smallest absolute Gasteiger partial charge is 0.249 e. The molecule has 0 saturated carbocycles. The van der Waals surface area contributed by atoms with E-state index in [9.17, 15) is 13.2 Å². The summed E-state index contributed by atoms with van der Waals surface area (Å²) in [5.74, 6) is -0.0641. The molecule has 3 aromatic rings. The van der Waals surface area contributed by atoms with Crippen LogP contribution < -0.4 is 0 Å². The minimum atomic E-state index is -3.57. The van der Waals surface area contributed by atoms with E-state index in [1.54, 1.807) is 11.9 Å². The highest BCUT2D eigenvalue weighted by Crippen LogP contribution is 2.25. The molecule has 1 amide bonds. The monoisotopic (exact) mass is 373 g/mol. The normalized spacial score (nSPS) is 15.4. The van der Waals surface area contributed by atoms with E-state index in [0.29, 0.717) is 0 Å². The summed E-state index contributed by atoms with van der Waals surface area (Å²) < 4.78 is 28.5. The van der Waals surface area contributed by atoms with Gasteiger partial charge in [-0.3, -0.25) is 4.79 Å². The predicted octanol–water partition coefficient (Wildman–Crippen LogP) is 0.534. The quantitative estimate of drug-likeness (QED) is 0.666. The number of benzene rings is 1. The molecule has 0 radical (unpaired) electrons. The number of para-hydroxylation sites is 1. The van der Waals surface area contributed by atoms with Crippen molar-refractivity contribution in [2.24, 2.45) is 14.1 Å². The fourth-order valence-electron chi connectivity index (χ4n) is 3.36. The Bertz CT molecular complexity index is 1090. The molecule has 0 unspecified atom stereocenters. The van der Waals surface area contributed by atoms with Gasteiger partial charge in [-0.2, -0.15) is 0 Å². The van der Waals surface area contributed by atoms with Gasteiger partial charge in [-0.15, -0.1) is 10.2 Å². The van der Waals surface area contributed by atoms with Crippen molar-refractivity contribution in [3.63, 3.8) is 0 Å². The average Bonchev–Trinajstić information content (AvgIpc) is 3.11.